The van der Waals surface area contributed by atoms with E-state index >= 15 is 0 Å². The van der Waals surface area contributed by atoms with Gasteiger partial charge in [-0.3, -0.25) is 5.43 Å². The molecular weight excluding hydrogens is 488 g/mol. The van der Waals surface area contributed by atoms with E-state index in [4.69, 9.17) is 33.2 Å². The lowest BCUT2D eigenvalue weighted by molar-refractivity contribution is 0.0137. The van der Waals surface area contributed by atoms with Gasteiger partial charge in [0.05, 0.1) is 45.3 Å². The summed E-state index contributed by atoms with van der Waals surface area (Å²) in [7, 11) is 0. The molecule has 3 aromatic carbocycles. The first kappa shape index (κ1) is 27.3. The summed E-state index contributed by atoms with van der Waals surface area (Å²) >= 11 is 0. The third-order valence-corrected chi connectivity index (χ3v) is 5.25. The fraction of sp³-hybridized carbons (Fsp3) is 0.345. The Balaban J connectivity index is 1.57. The first-order valence-electron chi connectivity index (χ1n) is 12.8. The van der Waals surface area contributed by atoms with Crippen LogP contribution in [-0.4, -0.2) is 58.8 Å². The van der Waals surface area contributed by atoms with Crippen LogP contribution in [0.2, 0.25) is 0 Å². The highest BCUT2D eigenvalue weighted by Crippen LogP contribution is 2.36. The number of hydrogen-bond donors (Lipinski definition) is 1. The van der Waals surface area contributed by atoms with Crippen molar-refractivity contribution in [2.75, 3.05) is 58.3 Å². The van der Waals surface area contributed by atoms with Crippen molar-refractivity contribution < 1.29 is 33.2 Å². The molecule has 0 aliphatic carbocycles. The van der Waals surface area contributed by atoms with Crippen LogP contribution >= 0.6 is 0 Å². The van der Waals surface area contributed by atoms with Crippen molar-refractivity contribution in [3.63, 3.8) is 0 Å². The van der Waals surface area contributed by atoms with E-state index in [1.807, 2.05) is 72.8 Å². The largest absolute Gasteiger partial charge is 0.491 e. The Morgan fingerprint density at radius 2 is 1.26 bits per heavy atom. The van der Waals surface area contributed by atoms with Gasteiger partial charge in [0.1, 0.15) is 19.0 Å². The van der Waals surface area contributed by atoms with Crippen LogP contribution in [0.4, 0.5) is 5.69 Å². The molecule has 4 rings (SSSR count). The van der Waals surface area contributed by atoms with E-state index < -0.39 is 0 Å². The van der Waals surface area contributed by atoms with Gasteiger partial charge in [-0.2, -0.15) is 0 Å². The van der Waals surface area contributed by atoms with Gasteiger partial charge in [0.25, 0.3) is 0 Å². The number of ether oxygens (including phenoxy) is 7. The fourth-order valence-corrected chi connectivity index (χ4v) is 3.43. The molecule has 0 saturated heterocycles. The highest BCUT2D eigenvalue weighted by molar-refractivity contribution is 5.81. The van der Waals surface area contributed by atoms with Gasteiger partial charge in [-0.05, 0) is 42.8 Å². The Hall–Kier alpha value is -3.79. The predicted molar refractivity (Wildman–Crippen MR) is 145 cm³/mol. The maximum Gasteiger partial charge on any atom is 0.238 e. The van der Waals surface area contributed by atoms with Crippen LogP contribution in [0.1, 0.15) is 13.3 Å². The van der Waals surface area contributed by atoms with Crippen molar-refractivity contribution >= 4 is 11.6 Å². The second kappa shape index (κ2) is 15.5. The van der Waals surface area contributed by atoms with Crippen LogP contribution < -0.4 is 24.4 Å². The summed E-state index contributed by atoms with van der Waals surface area (Å²) in [4.78, 5) is 0. The fourth-order valence-electron chi connectivity index (χ4n) is 3.43. The summed E-state index contributed by atoms with van der Waals surface area (Å²) < 4.78 is 41.1. The number of rotatable bonds is 5. The van der Waals surface area contributed by atoms with Crippen LogP contribution in [0.3, 0.4) is 0 Å². The number of benzene rings is 3. The molecule has 202 valence electrons. The molecule has 9 nitrogen and oxygen atoms in total. The van der Waals surface area contributed by atoms with E-state index in [0.29, 0.717) is 80.9 Å². The van der Waals surface area contributed by atoms with Crippen LogP contribution in [0.15, 0.2) is 77.9 Å². The van der Waals surface area contributed by atoms with Gasteiger partial charge in [0.2, 0.25) is 5.90 Å². The second-order valence-corrected chi connectivity index (χ2v) is 8.19. The van der Waals surface area contributed by atoms with Gasteiger partial charge in [0, 0.05) is 0 Å². The number of hydrogen-bond acceptors (Lipinski definition) is 9. The summed E-state index contributed by atoms with van der Waals surface area (Å²) in [6.45, 7) is 5.31. The van der Waals surface area contributed by atoms with E-state index in [9.17, 15) is 0 Å². The third kappa shape index (κ3) is 8.65. The van der Waals surface area contributed by atoms with Gasteiger partial charge in [-0.25, -0.2) is 0 Å². The lowest BCUT2D eigenvalue weighted by atomic mass is 10.3. The zero-order valence-electron chi connectivity index (χ0n) is 21.6. The molecule has 3 aromatic rings. The Morgan fingerprint density at radius 1 is 0.684 bits per heavy atom. The lowest BCUT2D eigenvalue weighted by Crippen LogP contribution is -2.20. The maximum absolute atomic E-state index is 6.21. The average molecular weight is 523 g/mol. The van der Waals surface area contributed by atoms with Gasteiger partial charge < -0.3 is 33.2 Å². The molecule has 0 unspecified atom stereocenters. The average Bonchev–Trinajstić information content (AvgIpc) is 2.95. The van der Waals surface area contributed by atoms with Crippen molar-refractivity contribution in [1.82, 2.24) is 0 Å². The Morgan fingerprint density at radius 3 is 2.00 bits per heavy atom. The summed E-state index contributed by atoms with van der Waals surface area (Å²) in [5, 5.41) is 4.49. The monoisotopic (exact) mass is 522 g/mol. The molecule has 1 heterocycles. The zero-order chi connectivity index (χ0) is 26.3. The molecule has 0 fully saturated rings. The van der Waals surface area contributed by atoms with E-state index in [2.05, 4.69) is 17.5 Å². The van der Waals surface area contributed by atoms with E-state index in [1.165, 1.54) is 0 Å². The highest BCUT2D eigenvalue weighted by atomic mass is 16.6. The van der Waals surface area contributed by atoms with Crippen LogP contribution in [0, 0.1) is 0 Å². The molecule has 0 spiro atoms. The predicted octanol–water partition coefficient (Wildman–Crippen LogP) is 5.51. The Labute approximate surface area is 223 Å². The minimum atomic E-state index is 0.110. The molecule has 1 aliphatic heterocycles. The summed E-state index contributed by atoms with van der Waals surface area (Å²) in [5.41, 5.74) is 3.77. The molecule has 1 aliphatic rings. The number of para-hydroxylation sites is 6. The Bertz CT molecular complexity index is 1160. The molecule has 0 radical (unpaired) electrons. The van der Waals surface area contributed by atoms with Crippen LogP contribution in [0.5, 0.6) is 28.7 Å². The van der Waals surface area contributed by atoms with Gasteiger partial charge in [-0.1, -0.05) is 43.3 Å². The quantitative estimate of drug-likeness (QED) is 0.439. The first-order valence-corrected chi connectivity index (χ1v) is 12.8. The third-order valence-electron chi connectivity index (χ3n) is 5.25. The first-order chi connectivity index (χ1) is 18.8. The molecule has 0 bridgehead atoms. The summed E-state index contributed by atoms with van der Waals surface area (Å²) in [6.07, 6.45) is 0.902. The standard InChI is InChI=1S/C29H34N2O7/c1-2-15-35-24-10-4-3-9-23(24)30-31-29-22-34-19-18-32-16-17-33-20-21-36-25-11-5-6-12-26(25)37-27-13-7-8-14-28(27)38-29/h3-14,30H,2,15-22H2,1H3. The molecule has 0 amide bonds. The number of anilines is 1. The van der Waals surface area contributed by atoms with E-state index in [1.54, 1.807) is 0 Å². The molecule has 1 N–H and O–H groups in total. The van der Waals surface area contributed by atoms with Crippen molar-refractivity contribution in [3.8, 4) is 28.7 Å². The van der Waals surface area contributed by atoms with Crippen LogP contribution in [0.25, 0.3) is 0 Å². The smallest absolute Gasteiger partial charge is 0.238 e. The second-order valence-electron chi connectivity index (χ2n) is 8.19. The Kier molecular flexibility index (Phi) is 11.1. The van der Waals surface area contributed by atoms with Crippen molar-refractivity contribution in [1.29, 1.82) is 0 Å². The number of fused-ring (bicyclic) bond motifs is 2. The molecule has 38 heavy (non-hydrogen) atoms. The molecule has 0 saturated carbocycles. The van der Waals surface area contributed by atoms with Gasteiger partial charge in [-0.15, -0.1) is 5.10 Å². The van der Waals surface area contributed by atoms with Crippen molar-refractivity contribution in [3.05, 3.63) is 72.8 Å². The SMILES string of the molecule is CCCOc1ccccc1NN=C1COCCOCCOCCOc2ccccc2Oc2ccccc2O1. The van der Waals surface area contributed by atoms with E-state index in [-0.39, 0.29) is 6.61 Å². The molecule has 9 heteroatoms. The lowest BCUT2D eigenvalue weighted by Gasteiger charge is -2.17. The minimum absolute atomic E-state index is 0.110. The number of hydrazone groups is 1. The molecule has 0 atom stereocenters. The van der Waals surface area contributed by atoms with Crippen LogP contribution in [-0.2, 0) is 14.2 Å². The summed E-state index contributed by atoms with van der Waals surface area (Å²) in [6, 6.07) is 22.4. The van der Waals surface area contributed by atoms with Gasteiger partial charge >= 0.3 is 0 Å². The van der Waals surface area contributed by atoms with E-state index in [0.717, 1.165) is 12.1 Å². The normalized spacial score (nSPS) is 16.4. The minimum Gasteiger partial charge on any atom is -0.491 e. The topological polar surface area (TPSA) is 89.0 Å². The molecule has 0 aromatic heterocycles. The number of nitrogens with one attached hydrogen (secondary N) is 1. The highest BCUT2D eigenvalue weighted by Gasteiger charge is 2.14. The zero-order valence-corrected chi connectivity index (χ0v) is 21.6. The molecular formula is C29H34N2O7. The van der Waals surface area contributed by atoms with Crippen molar-refractivity contribution in [2.45, 2.75) is 13.3 Å². The maximum atomic E-state index is 6.21. The number of nitrogens with zero attached hydrogens (tertiary/aromatic N) is 1. The van der Waals surface area contributed by atoms with Crippen molar-refractivity contribution in [2.24, 2.45) is 5.10 Å². The van der Waals surface area contributed by atoms with Gasteiger partial charge in [0.15, 0.2) is 23.0 Å². The summed E-state index contributed by atoms with van der Waals surface area (Å²) in [5.74, 6) is 3.15.